The minimum absolute atomic E-state index is 0.0765. The van der Waals surface area contributed by atoms with Gasteiger partial charge < -0.3 is 9.84 Å². The molecule has 1 unspecified atom stereocenters. The second-order valence-electron chi connectivity index (χ2n) is 4.20. The number of nitrogens with one attached hydrogen (secondary N) is 1. The Hall–Kier alpha value is -0.660. The Morgan fingerprint density at radius 2 is 1.94 bits per heavy atom. The average molecular weight is 267 g/mol. The van der Waals surface area contributed by atoms with Crippen LogP contribution in [0.25, 0.3) is 0 Å². The molecule has 0 aromatic carbocycles. The molecule has 0 aliphatic rings. The molecular formula is C10H21NO5S. The fraction of sp³-hybridized carbons (Fsp3) is 0.900. The summed E-state index contributed by atoms with van der Waals surface area (Å²) in [6.07, 6.45) is 1.09. The van der Waals surface area contributed by atoms with E-state index in [-0.39, 0.29) is 11.7 Å². The highest BCUT2D eigenvalue weighted by Gasteiger charge is 2.26. The monoisotopic (exact) mass is 267 g/mol. The minimum atomic E-state index is -3.54. The van der Waals surface area contributed by atoms with Gasteiger partial charge >= 0.3 is 5.97 Å². The molecule has 0 amide bonds. The third-order valence-corrected chi connectivity index (χ3v) is 3.69. The summed E-state index contributed by atoms with van der Waals surface area (Å²) in [5, 5.41) is 8.87. The number of sulfonamides is 1. The number of aliphatic carboxylic acids is 1. The Morgan fingerprint density at radius 3 is 2.35 bits per heavy atom. The van der Waals surface area contributed by atoms with E-state index in [1.165, 1.54) is 0 Å². The quantitative estimate of drug-likeness (QED) is 0.591. The summed E-state index contributed by atoms with van der Waals surface area (Å²) in [6, 6.07) is -1.07. The lowest BCUT2D eigenvalue weighted by Gasteiger charge is -2.17. The van der Waals surface area contributed by atoms with Crippen molar-refractivity contribution in [3.63, 3.8) is 0 Å². The van der Waals surface area contributed by atoms with E-state index in [9.17, 15) is 13.2 Å². The Kier molecular flexibility index (Phi) is 7.33. The number of rotatable bonds is 9. The molecule has 0 spiro atoms. The molecule has 0 aliphatic carbocycles. The van der Waals surface area contributed by atoms with Crippen molar-refractivity contribution < 1.29 is 23.1 Å². The summed E-state index contributed by atoms with van der Waals surface area (Å²) in [7, 11) is -1.99. The van der Waals surface area contributed by atoms with Crippen molar-refractivity contribution in [3.05, 3.63) is 0 Å². The molecule has 7 heteroatoms. The summed E-state index contributed by atoms with van der Waals surface area (Å²) in [5.41, 5.74) is 0. The van der Waals surface area contributed by atoms with E-state index in [0.717, 1.165) is 0 Å². The predicted molar refractivity (Wildman–Crippen MR) is 64.3 cm³/mol. The second-order valence-corrected chi connectivity index (χ2v) is 6.07. The summed E-state index contributed by atoms with van der Waals surface area (Å²) in [4.78, 5) is 10.8. The Bertz CT molecular complexity index is 326. The van der Waals surface area contributed by atoms with Gasteiger partial charge in [-0.2, -0.15) is 0 Å². The summed E-state index contributed by atoms with van der Waals surface area (Å²) >= 11 is 0. The summed E-state index contributed by atoms with van der Waals surface area (Å²) in [5.74, 6) is -1.52. The van der Waals surface area contributed by atoms with Crippen LogP contribution in [0.5, 0.6) is 0 Å². The third kappa shape index (κ3) is 7.30. The molecule has 17 heavy (non-hydrogen) atoms. The van der Waals surface area contributed by atoms with Crippen LogP contribution in [-0.2, 0) is 19.6 Å². The number of carboxylic acid groups (broad SMARTS) is 1. The molecule has 0 radical (unpaired) electrons. The maximum Gasteiger partial charge on any atom is 0.321 e. The molecular weight excluding hydrogens is 246 g/mol. The van der Waals surface area contributed by atoms with E-state index >= 15 is 0 Å². The first-order valence-corrected chi connectivity index (χ1v) is 7.17. The molecule has 6 nitrogen and oxygen atoms in total. The van der Waals surface area contributed by atoms with Gasteiger partial charge in [0.05, 0.1) is 5.75 Å². The lowest BCUT2D eigenvalue weighted by molar-refractivity contribution is -0.140. The maximum atomic E-state index is 11.6. The molecule has 2 N–H and O–H groups in total. The first-order chi connectivity index (χ1) is 7.80. The smallest absolute Gasteiger partial charge is 0.321 e. The molecule has 0 saturated carbocycles. The van der Waals surface area contributed by atoms with E-state index < -0.39 is 22.0 Å². The van der Waals surface area contributed by atoms with Crippen LogP contribution in [0.1, 0.15) is 26.7 Å². The number of carboxylic acids is 1. The first-order valence-electron chi connectivity index (χ1n) is 5.52. The van der Waals surface area contributed by atoms with Crippen molar-refractivity contribution >= 4 is 16.0 Å². The zero-order valence-electron chi connectivity index (χ0n) is 10.5. The lowest BCUT2D eigenvalue weighted by atomic mass is 10.1. The highest BCUT2D eigenvalue weighted by molar-refractivity contribution is 7.89. The molecule has 0 fully saturated rings. The Balaban J connectivity index is 4.27. The van der Waals surface area contributed by atoms with Gasteiger partial charge in [0.15, 0.2) is 0 Å². The van der Waals surface area contributed by atoms with Crippen molar-refractivity contribution in [2.24, 2.45) is 5.92 Å². The zero-order chi connectivity index (χ0) is 13.5. The normalized spacial score (nSPS) is 13.9. The van der Waals surface area contributed by atoms with Crippen molar-refractivity contribution in [1.82, 2.24) is 4.72 Å². The molecule has 0 aromatic heterocycles. The second kappa shape index (κ2) is 7.62. The van der Waals surface area contributed by atoms with Gasteiger partial charge in [-0.05, 0) is 18.8 Å². The van der Waals surface area contributed by atoms with Crippen LogP contribution < -0.4 is 4.72 Å². The molecule has 0 aliphatic heterocycles. The van der Waals surface area contributed by atoms with E-state index in [2.05, 4.69) is 4.72 Å². The standard InChI is InChI=1S/C10H21NO5S/c1-8(2)9(10(12)13)11-17(14,15)7-5-4-6-16-3/h8-9,11H,4-7H2,1-3H3,(H,12,13). The molecule has 102 valence electrons. The average Bonchev–Trinajstić information content (AvgIpc) is 2.20. The third-order valence-electron chi connectivity index (χ3n) is 2.25. The molecule has 0 heterocycles. The lowest BCUT2D eigenvalue weighted by Crippen LogP contribution is -2.45. The Morgan fingerprint density at radius 1 is 1.35 bits per heavy atom. The van der Waals surface area contributed by atoms with E-state index in [0.29, 0.717) is 19.4 Å². The highest BCUT2D eigenvalue weighted by atomic mass is 32.2. The van der Waals surface area contributed by atoms with Crippen molar-refractivity contribution in [2.75, 3.05) is 19.5 Å². The molecule has 1 atom stereocenters. The number of ether oxygens (including phenoxy) is 1. The number of carbonyl (C=O) groups is 1. The van der Waals surface area contributed by atoms with Crippen LogP contribution in [0.2, 0.25) is 0 Å². The van der Waals surface area contributed by atoms with Gasteiger partial charge in [-0.3, -0.25) is 4.79 Å². The number of unbranched alkanes of at least 4 members (excludes halogenated alkanes) is 1. The fourth-order valence-corrected chi connectivity index (χ4v) is 2.72. The van der Waals surface area contributed by atoms with Gasteiger partial charge in [-0.15, -0.1) is 0 Å². The van der Waals surface area contributed by atoms with Crippen LogP contribution in [0.3, 0.4) is 0 Å². The largest absolute Gasteiger partial charge is 0.480 e. The first kappa shape index (κ1) is 16.3. The van der Waals surface area contributed by atoms with Crippen LogP contribution in [0.15, 0.2) is 0 Å². The number of hydrogen-bond donors (Lipinski definition) is 2. The van der Waals surface area contributed by atoms with Crippen LogP contribution in [-0.4, -0.2) is 45.0 Å². The van der Waals surface area contributed by atoms with E-state index in [1.54, 1.807) is 21.0 Å². The summed E-state index contributed by atoms with van der Waals surface area (Å²) in [6.45, 7) is 3.82. The predicted octanol–water partition coefficient (Wildman–Crippen LogP) is 0.442. The van der Waals surface area contributed by atoms with Crippen molar-refractivity contribution in [3.8, 4) is 0 Å². The molecule has 0 bridgehead atoms. The highest BCUT2D eigenvalue weighted by Crippen LogP contribution is 2.05. The fourth-order valence-electron chi connectivity index (χ4n) is 1.26. The van der Waals surface area contributed by atoms with Crippen molar-refractivity contribution in [2.45, 2.75) is 32.7 Å². The SMILES string of the molecule is COCCCCS(=O)(=O)NC(C(=O)O)C(C)C. The van der Waals surface area contributed by atoms with Crippen LogP contribution in [0.4, 0.5) is 0 Å². The Labute approximate surface area is 102 Å². The van der Waals surface area contributed by atoms with E-state index in [1.807, 2.05) is 0 Å². The molecule has 0 saturated heterocycles. The van der Waals surface area contributed by atoms with Crippen LogP contribution in [0, 0.1) is 5.92 Å². The molecule has 0 aromatic rings. The zero-order valence-corrected chi connectivity index (χ0v) is 11.3. The van der Waals surface area contributed by atoms with Gasteiger partial charge in [0.2, 0.25) is 10.0 Å². The van der Waals surface area contributed by atoms with Gasteiger partial charge in [-0.1, -0.05) is 13.8 Å². The van der Waals surface area contributed by atoms with Crippen LogP contribution >= 0.6 is 0 Å². The van der Waals surface area contributed by atoms with Gasteiger partial charge in [0, 0.05) is 13.7 Å². The number of methoxy groups -OCH3 is 1. The number of hydrogen-bond acceptors (Lipinski definition) is 4. The molecule has 0 rings (SSSR count). The van der Waals surface area contributed by atoms with Gasteiger partial charge in [0.1, 0.15) is 6.04 Å². The van der Waals surface area contributed by atoms with E-state index in [4.69, 9.17) is 9.84 Å². The van der Waals surface area contributed by atoms with Crippen molar-refractivity contribution in [1.29, 1.82) is 0 Å². The summed E-state index contributed by atoms with van der Waals surface area (Å²) < 4.78 is 30.2. The van der Waals surface area contributed by atoms with Gasteiger partial charge in [-0.25, -0.2) is 13.1 Å². The maximum absolute atomic E-state index is 11.6. The minimum Gasteiger partial charge on any atom is -0.480 e. The van der Waals surface area contributed by atoms with Gasteiger partial charge in [0.25, 0.3) is 0 Å². The topological polar surface area (TPSA) is 92.7 Å².